The van der Waals surface area contributed by atoms with Crippen molar-refractivity contribution in [3.05, 3.63) is 30.1 Å². The van der Waals surface area contributed by atoms with Crippen molar-refractivity contribution in [1.29, 1.82) is 0 Å². The van der Waals surface area contributed by atoms with Gasteiger partial charge in [0.15, 0.2) is 0 Å². The highest BCUT2D eigenvalue weighted by Gasteiger charge is 2.21. The van der Waals surface area contributed by atoms with Crippen molar-refractivity contribution >= 4 is 5.91 Å². The molecule has 2 N–H and O–H groups in total. The average molecular weight is 233 g/mol. The number of nitrogens with zero attached hydrogens (tertiary/aromatic N) is 1. The quantitative estimate of drug-likeness (QED) is 0.829. The van der Waals surface area contributed by atoms with Crippen LogP contribution in [0.1, 0.15) is 37.8 Å². The maximum absolute atomic E-state index is 12.0. The SMILES string of the molecule is C[C@H](NC(=O)C1CCCCN1)c1ccncc1. The highest BCUT2D eigenvalue weighted by Crippen LogP contribution is 2.12. The molecule has 1 amide bonds. The Morgan fingerprint density at radius 1 is 1.47 bits per heavy atom. The third-order valence-electron chi connectivity index (χ3n) is 3.19. The van der Waals surface area contributed by atoms with Gasteiger partial charge in [0.2, 0.25) is 5.91 Å². The topological polar surface area (TPSA) is 54.0 Å². The zero-order chi connectivity index (χ0) is 12.1. The van der Waals surface area contributed by atoms with E-state index < -0.39 is 0 Å². The van der Waals surface area contributed by atoms with Crippen LogP contribution in [0.4, 0.5) is 0 Å². The van der Waals surface area contributed by atoms with Gasteiger partial charge in [0.05, 0.1) is 12.1 Å². The van der Waals surface area contributed by atoms with Crippen molar-refractivity contribution in [2.45, 2.75) is 38.3 Å². The summed E-state index contributed by atoms with van der Waals surface area (Å²) in [6, 6.07) is 3.88. The molecule has 0 aromatic carbocycles. The first-order valence-electron chi connectivity index (χ1n) is 6.21. The second-order valence-corrected chi connectivity index (χ2v) is 4.51. The number of amides is 1. The van der Waals surface area contributed by atoms with E-state index in [2.05, 4.69) is 15.6 Å². The first-order valence-corrected chi connectivity index (χ1v) is 6.21. The highest BCUT2D eigenvalue weighted by atomic mass is 16.2. The number of carbonyl (C=O) groups excluding carboxylic acids is 1. The largest absolute Gasteiger partial charge is 0.348 e. The summed E-state index contributed by atoms with van der Waals surface area (Å²) in [5, 5.41) is 6.29. The molecule has 1 aliphatic heterocycles. The number of hydrogen-bond donors (Lipinski definition) is 2. The molecule has 2 atom stereocenters. The molecule has 4 heteroatoms. The number of nitrogens with one attached hydrogen (secondary N) is 2. The molecular weight excluding hydrogens is 214 g/mol. The molecule has 0 aliphatic carbocycles. The molecular formula is C13H19N3O. The normalized spacial score (nSPS) is 21.8. The fourth-order valence-corrected chi connectivity index (χ4v) is 2.13. The van der Waals surface area contributed by atoms with Crippen molar-refractivity contribution in [3.63, 3.8) is 0 Å². The minimum absolute atomic E-state index is 0.0203. The van der Waals surface area contributed by atoms with E-state index in [1.807, 2.05) is 19.1 Å². The standard InChI is InChI=1S/C13H19N3O/c1-10(11-5-8-14-9-6-11)16-13(17)12-4-2-3-7-15-12/h5-6,8-10,12,15H,2-4,7H2,1H3,(H,16,17)/t10-,12?/m0/s1. The summed E-state index contributed by atoms with van der Waals surface area (Å²) in [6.45, 7) is 2.94. The molecule has 0 saturated carbocycles. The molecule has 1 saturated heterocycles. The number of pyridine rings is 1. The molecule has 0 radical (unpaired) electrons. The van der Waals surface area contributed by atoms with Gasteiger partial charge in [-0.1, -0.05) is 6.42 Å². The van der Waals surface area contributed by atoms with Gasteiger partial charge in [0, 0.05) is 12.4 Å². The Labute approximate surface area is 102 Å². The van der Waals surface area contributed by atoms with Crippen molar-refractivity contribution in [1.82, 2.24) is 15.6 Å². The van der Waals surface area contributed by atoms with E-state index in [9.17, 15) is 4.79 Å². The second-order valence-electron chi connectivity index (χ2n) is 4.51. The van der Waals surface area contributed by atoms with Gasteiger partial charge < -0.3 is 10.6 Å². The molecule has 4 nitrogen and oxygen atoms in total. The molecule has 0 bridgehead atoms. The number of aromatic nitrogens is 1. The van der Waals surface area contributed by atoms with Crippen LogP contribution < -0.4 is 10.6 Å². The van der Waals surface area contributed by atoms with Crippen LogP contribution in [-0.2, 0) is 4.79 Å². The Hall–Kier alpha value is -1.42. The lowest BCUT2D eigenvalue weighted by atomic mass is 10.0. The molecule has 1 aromatic rings. The first kappa shape index (κ1) is 12.0. The van der Waals surface area contributed by atoms with Crippen molar-refractivity contribution < 1.29 is 4.79 Å². The van der Waals surface area contributed by atoms with Gasteiger partial charge in [-0.2, -0.15) is 0 Å². The van der Waals surface area contributed by atoms with Crippen molar-refractivity contribution in [2.75, 3.05) is 6.54 Å². The molecule has 2 rings (SSSR count). The molecule has 2 heterocycles. The number of piperidine rings is 1. The third kappa shape index (κ3) is 3.27. The fourth-order valence-electron chi connectivity index (χ4n) is 2.13. The maximum atomic E-state index is 12.0. The summed E-state index contributed by atoms with van der Waals surface area (Å²) in [6.07, 6.45) is 6.74. The minimum Gasteiger partial charge on any atom is -0.348 e. The summed E-state index contributed by atoms with van der Waals surface area (Å²) in [7, 11) is 0. The smallest absolute Gasteiger partial charge is 0.237 e. The molecule has 1 aromatic heterocycles. The molecule has 0 spiro atoms. The van der Waals surface area contributed by atoms with Crippen LogP contribution in [0.2, 0.25) is 0 Å². The summed E-state index contributed by atoms with van der Waals surface area (Å²) in [4.78, 5) is 16.0. The lowest BCUT2D eigenvalue weighted by Crippen LogP contribution is -2.47. The summed E-state index contributed by atoms with van der Waals surface area (Å²) in [5.74, 6) is 0.106. The summed E-state index contributed by atoms with van der Waals surface area (Å²) < 4.78 is 0. The van der Waals surface area contributed by atoms with Gasteiger partial charge >= 0.3 is 0 Å². The Balaban J connectivity index is 1.89. The Bertz CT molecular complexity index is 360. The van der Waals surface area contributed by atoms with E-state index in [4.69, 9.17) is 0 Å². The monoisotopic (exact) mass is 233 g/mol. The van der Waals surface area contributed by atoms with Gasteiger partial charge in [-0.05, 0) is 44.0 Å². The molecule has 17 heavy (non-hydrogen) atoms. The molecule has 1 aliphatic rings. The van der Waals surface area contributed by atoms with E-state index in [0.717, 1.165) is 24.9 Å². The Morgan fingerprint density at radius 3 is 2.88 bits per heavy atom. The zero-order valence-corrected chi connectivity index (χ0v) is 10.1. The summed E-state index contributed by atoms with van der Waals surface area (Å²) in [5.41, 5.74) is 1.09. The Morgan fingerprint density at radius 2 is 2.24 bits per heavy atom. The van der Waals surface area contributed by atoms with E-state index in [1.54, 1.807) is 12.4 Å². The van der Waals surface area contributed by atoms with Crippen LogP contribution in [-0.4, -0.2) is 23.5 Å². The van der Waals surface area contributed by atoms with Crippen LogP contribution in [0.25, 0.3) is 0 Å². The van der Waals surface area contributed by atoms with Gasteiger partial charge in [-0.3, -0.25) is 9.78 Å². The summed E-state index contributed by atoms with van der Waals surface area (Å²) >= 11 is 0. The molecule has 1 fully saturated rings. The van der Waals surface area contributed by atoms with E-state index in [-0.39, 0.29) is 18.0 Å². The number of rotatable bonds is 3. The van der Waals surface area contributed by atoms with Crippen LogP contribution in [0.5, 0.6) is 0 Å². The predicted molar refractivity (Wildman–Crippen MR) is 66.4 cm³/mol. The minimum atomic E-state index is -0.0203. The van der Waals surface area contributed by atoms with Gasteiger partial charge in [-0.15, -0.1) is 0 Å². The van der Waals surface area contributed by atoms with Crippen LogP contribution >= 0.6 is 0 Å². The zero-order valence-electron chi connectivity index (χ0n) is 10.1. The van der Waals surface area contributed by atoms with Crippen LogP contribution in [0, 0.1) is 0 Å². The molecule has 92 valence electrons. The van der Waals surface area contributed by atoms with Crippen LogP contribution in [0.15, 0.2) is 24.5 Å². The number of carbonyl (C=O) groups is 1. The van der Waals surface area contributed by atoms with E-state index in [0.29, 0.717) is 0 Å². The highest BCUT2D eigenvalue weighted by molar-refractivity contribution is 5.82. The van der Waals surface area contributed by atoms with E-state index in [1.165, 1.54) is 6.42 Å². The van der Waals surface area contributed by atoms with Gasteiger partial charge in [0.25, 0.3) is 0 Å². The van der Waals surface area contributed by atoms with E-state index >= 15 is 0 Å². The number of hydrogen-bond acceptors (Lipinski definition) is 3. The first-order chi connectivity index (χ1) is 8.27. The average Bonchev–Trinajstić information content (AvgIpc) is 2.40. The Kier molecular flexibility index (Phi) is 4.09. The maximum Gasteiger partial charge on any atom is 0.237 e. The van der Waals surface area contributed by atoms with Gasteiger partial charge in [0.1, 0.15) is 0 Å². The third-order valence-corrected chi connectivity index (χ3v) is 3.19. The van der Waals surface area contributed by atoms with Crippen LogP contribution in [0.3, 0.4) is 0 Å². The van der Waals surface area contributed by atoms with Gasteiger partial charge in [-0.25, -0.2) is 0 Å². The van der Waals surface area contributed by atoms with Crippen molar-refractivity contribution in [3.8, 4) is 0 Å². The lowest BCUT2D eigenvalue weighted by molar-refractivity contribution is -0.124. The van der Waals surface area contributed by atoms with Crippen molar-refractivity contribution in [2.24, 2.45) is 0 Å². The fraction of sp³-hybridized carbons (Fsp3) is 0.538. The second kappa shape index (κ2) is 5.77. The molecule has 1 unspecified atom stereocenters. The predicted octanol–water partition coefficient (Wildman–Crippen LogP) is 1.40. The lowest BCUT2D eigenvalue weighted by Gasteiger charge is -2.24.